The molecular weight excluding hydrogens is 286 g/mol. The van der Waals surface area contributed by atoms with Gasteiger partial charge in [-0.05, 0) is 28.1 Å². The van der Waals surface area contributed by atoms with Crippen molar-refractivity contribution in [3.05, 3.63) is 48.1 Å². The Morgan fingerprint density at radius 3 is 2.90 bits per heavy atom. The first kappa shape index (κ1) is 14.6. The number of hydrogen-bond acceptors (Lipinski definition) is 5. The average molecular weight is 298 g/mol. The zero-order valence-electron chi connectivity index (χ0n) is 10.4. The summed E-state index contributed by atoms with van der Waals surface area (Å²) in [6.45, 7) is 4.04. The number of aliphatic hydroxyl groups excluding tert-OH is 1. The lowest BCUT2D eigenvalue weighted by Crippen LogP contribution is -2.05. The zero-order valence-corrected chi connectivity index (χ0v) is 11.2. The van der Waals surface area contributed by atoms with Crippen LogP contribution in [0.2, 0.25) is 0 Å². The molecule has 106 valence electrons. The highest BCUT2D eigenvalue weighted by Crippen LogP contribution is 2.23. The predicted octanol–water partition coefficient (Wildman–Crippen LogP) is 1.96. The third-order valence-corrected chi connectivity index (χ3v) is 3.53. The van der Waals surface area contributed by atoms with Gasteiger partial charge in [-0.3, -0.25) is 0 Å². The Morgan fingerprint density at radius 1 is 1.40 bits per heavy atom. The molecule has 1 aromatic heterocycles. The molecule has 1 aromatic carbocycles. The maximum atomic E-state index is 13.1. The number of rotatable bonds is 6. The van der Waals surface area contributed by atoms with Crippen molar-refractivity contribution in [1.82, 2.24) is 20.2 Å². The molecule has 0 aliphatic carbocycles. The topological polar surface area (TPSA) is 63.8 Å². The van der Waals surface area contributed by atoms with Crippen LogP contribution in [0.5, 0.6) is 0 Å². The van der Waals surface area contributed by atoms with E-state index in [2.05, 4.69) is 22.1 Å². The fourth-order valence-electron chi connectivity index (χ4n) is 1.51. The zero-order chi connectivity index (χ0) is 14.5. The van der Waals surface area contributed by atoms with Crippen molar-refractivity contribution < 1.29 is 13.9 Å². The minimum absolute atomic E-state index is 0.225. The number of tetrazole rings is 1. The Kier molecular flexibility index (Phi) is 4.80. The molecule has 1 unspecified atom stereocenters. The standard InChI is InChI=1S/C12H12F2N4OS/c1-2-5-18-12(15-16-17-18)20-7-11(19)8-3-4-9(13)10(14)6-8/h2-4,6,11,19H,1,5,7H2. The van der Waals surface area contributed by atoms with Crippen LogP contribution < -0.4 is 0 Å². The van der Waals surface area contributed by atoms with E-state index in [1.54, 1.807) is 6.08 Å². The van der Waals surface area contributed by atoms with E-state index in [9.17, 15) is 13.9 Å². The van der Waals surface area contributed by atoms with Crippen molar-refractivity contribution in [2.75, 3.05) is 5.75 Å². The first-order chi connectivity index (χ1) is 9.61. The molecule has 0 amide bonds. The van der Waals surface area contributed by atoms with Crippen LogP contribution in [0.15, 0.2) is 36.0 Å². The van der Waals surface area contributed by atoms with Gasteiger partial charge in [0.25, 0.3) is 0 Å². The van der Waals surface area contributed by atoms with Crippen LogP contribution in [-0.2, 0) is 6.54 Å². The minimum atomic E-state index is -0.983. The average Bonchev–Trinajstić information content (AvgIpc) is 2.87. The third kappa shape index (κ3) is 3.40. The summed E-state index contributed by atoms with van der Waals surface area (Å²) in [7, 11) is 0. The van der Waals surface area contributed by atoms with Gasteiger partial charge in [-0.1, -0.05) is 23.9 Å². The molecule has 0 aliphatic heterocycles. The summed E-state index contributed by atoms with van der Waals surface area (Å²) >= 11 is 1.22. The van der Waals surface area contributed by atoms with Gasteiger partial charge < -0.3 is 5.11 Å². The number of aromatic nitrogens is 4. The second kappa shape index (κ2) is 6.58. The normalized spacial score (nSPS) is 12.3. The second-order valence-corrected chi connectivity index (χ2v) is 4.92. The fraction of sp³-hybridized carbons (Fsp3) is 0.250. The highest BCUT2D eigenvalue weighted by Gasteiger charge is 2.14. The van der Waals surface area contributed by atoms with Crippen LogP contribution in [0.1, 0.15) is 11.7 Å². The molecular formula is C12H12F2N4OS. The van der Waals surface area contributed by atoms with Gasteiger partial charge in [0.05, 0.1) is 12.6 Å². The molecule has 0 radical (unpaired) electrons. The van der Waals surface area contributed by atoms with Gasteiger partial charge in [0, 0.05) is 5.75 Å². The van der Waals surface area contributed by atoms with E-state index < -0.39 is 17.7 Å². The lowest BCUT2D eigenvalue weighted by molar-refractivity contribution is 0.203. The molecule has 1 heterocycles. The lowest BCUT2D eigenvalue weighted by atomic mass is 10.1. The summed E-state index contributed by atoms with van der Waals surface area (Å²) in [6.07, 6.45) is 0.704. The van der Waals surface area contributed by atoms with Crippen molar-refractivity contribution in [3.63, 3.8) is 0 Å². The van der Waals surface area contributed by atoms with Crippen LogP contribution >= 0.6 is 11.8 Å². The van der Waals surface area contributed by atoms with Gasteiger partial charge in [0.2, 0.25) is 5.16 Å². The minimum Gasteiger partial charge on any atom is -0.388 e. The fourth-order valence-corrected chi connectivity index (χ4v) is 2.36. The smallest absolute Gasteiger partial charge is 0.209 e. The number of halogens is 2. The quantitative estimate of drug-likeness (QED) is 0.652. The van der Waals surface area contributed by atoms with E-state index in [-0.39, 0.29) is 5.75 Å². The highest BCUT2D eigenvalue weighted by molar-refractivity contribution is 7.99. The Bertz CT molecular complexity index is 605. The predicted molar refractivity (Wildman–Crippen MR) is 70.1 cm³/mol. The van der Waals surface area contributed by atoms with E-state index in [0.717, 1.165) is 12.1 Å². The molecule has 0 bridgehead atoms. The summed E-state index contributed by atoms with van der Waals surface area (Å²) < 4.78 is 27.4. The van der Waals surface area contributed by atoms with Crippen LogP contribution in [0.25, 0.3) is 0 Å². The summed E-state index contributed by atoms with van der Waals surface area (Å²) in [5.74, 6) is -1.70. The Morgan fingerprint density at radius 2 is 2.20 bits per heavy atom. The first-order valence-electron chi connectivity index (χ1n) is 5.74. The Balaban J connectivity index is 2.00. The summed E-state index contributed by atoms with van der Waals surface area (Å²) in [5.41, 5.74) is 0.305. The maximum Gasteiger partial charge on any atom is 0.209 e. The Hall–Kier alpha value is -1.80. The molecule has 2 rings (SSSR count). The van der Waals surface area contributed by atoms with E-state index >= 15 is 0 Å². The van der Waals surface area contributed by atoms with Gasteiger partial charge >= 0.3 is 0 Å². The summed E-state index contributed by atoms with van der Waals surface area (Å²) in [6, 6.07) is 3.31. The molecule has 1 N–H and O–H groups in total. The van der Waals surface area contributed by atoms with Crippen molar-refractivity contribution in [2.24, 2.45) is 0 Å². The molecule has 8 heteroatoms. The van der Waals surface area contributed by atoms with Gasteiger partial charge in [-0.2, -0.15) is 0 Å². The monoisotopic (exact) mass is 298 g/mol. The summed E-state index contributed by atoms with van der Waals surface area (Å²) in [4.78, 5) is 0. The number of allylic oxidation sites excluding steroid dienone is 1. The largest absolute Gasteiger partial charge is 0.388 e. The van der Waals surface area contributed by atoms with Gasteiger partial charge in [-0.15, -0.1) is 11.7 Å². The van der Waals surface area contributed by atoms with Gasteiger partial charge in [0.1, 0.15) is 0 Å². The summed E-state index contributed by atoms with van der Waals surface area (Å²) in [5, 5.41) is 21.5. The molecule has 0 fully saturated rings. The number of aliphatic hydroxyl groups is 1. The van der Waals surface area contributed by atoms with Crippen molar-refractivity contribution in [1.29, 1.82) is 0 Å². The lowest BCUT2D eigenvalue weighted by Gasteiger charge is -2.10. The number of benzene rings is 1. The Labute approximate surface area is 118 Å². The molecule has 1 atom stereocenters. The molecule has 0 aliphatic rings. The van der Waals surface area contributed by atoms with Crippen molar-refractivity contribution in [3.8, 4) is 0 Å². The number of nitrogens with zero attached hydrogens (tertiary/aromatic N) is 4. The molecule has 0 saturated heterocycles. The van der Waals surface area contributed by atoms with E-state index in [4.69, 9.17) is 0 Å². The van der Waals surface area contributed by atoms with Gasteiger partial charge in [0.15, 0.2) is 11.6 Å². The number of thioether (sulfide) groups is 1. The molecule has 0 saturated carbocycles. The van der Waals surface area contributed by atoms with Gasteiger partial charge in [-0.25, -0.2) is 13.5 Å². The van der Waals surface area contributed by atoms with Crippen LogP contribution in [0.4, 0.5) is 8.78 Å². The van der Waals surface area contributed by atoms with E-state index in [1.165, 1.54) is 22.5 Å². The SMILES string of the molecule is C=CCn1nnnc1SCC(O)c1ccc(F)c(F)c1. The van der Waals surface area contributed by atoms with Crippen LogP contribution in [0, 0.1) is 11.6 Å². The van der Waals surface area contributed by atoms with E-state index in [0.29, 0.717) is 17.3 Å². The number of hydrogen-bond donors (Lipinski definition) is 1. The first-order valence-corrected chi connectivity index (χ1v) is 6.73. The molecule has 5 nitrogen and oxygen atoms in total. The maximum absolute atomic E-state index is 13.1. The third-order valence-electron chi connectivity index (χ3n) is 2.50. The second-order valence-electron chi connectivity index (χ2n) is 3.93. The van der Waals surface area contributed by atoms with Crippen LogP contribution in [-0.4, -0.2) is 31.1 Å². The van der Waals surface area contributed by atoms with E-state index in [1.807, 2.05) is 0 Å². The van der Waals surface area contributed by atoms with Crippen molar-refractivity contribution in [2.45, 2.75) is 17.8 Å². The molecule has 2 aromatic rings. The molecule has 0 spiro atoms. The molecule has 20 heavy (non-hydrogen) atoms. The highest BCUT2D eigenvalue weighted by atomic mass is 32.2. The van der Waals surface area contributed by atoms with Crippen LogP contribution in [0.3, 0.4) is 0 Å². The van der Waals surface area contributed by atoms with Crippen molar-refractivity contribution >= 4 is 11.8 Å².